The molecule has 194 valence electrons. The summed E-state index contributed by atoms with van der Waals surface area (Å²) in [5.41, 5.74) is 4.20. The highest BCUT2D eigenvalue weighted by molar-refractivity contribution is 7.38. The van der Waals surface area contributed by atoms with Crippen LogP contribution < -0.4 is 9.80 Å². The molecule has 41 heavy (non-hydrogen) atoms. The number of rotatable bonds is 4. The van der Waals surface area contributed by atoms with Crippen molar-refractivity contribution in [3.05, 3.63) is 143 Å². The summed E-state index contributed by atoms with van der Waals surface area (Å²) >= 11 is 5.33. The second-order valence-corrected chi connectivity index (χ2v) is 12.4. The number of fused-ring (bicyclic) bond motifs is 3. The van der Waals surface area contributed by atoms with E-state index in [0.717, 1.165) is 32.5 Å². The predicted molar refractivity (Wildman–Crippen MR) is 179 cm³/mol. The molecule has 0 spiro atoms. The van der Waals surface area contributed by atoms with Crippen LogP contribution in [0.5, 0.6) is 0 Å². The minimum absolute atomic E-state index is 1.05. The Morgan fingerprint density at radius 3 is 1.02 bits per heavy atom. The van der Waals surface area contributed by atoms with Crippen LogP contribution in [0, 0.1) is 23.9 Å². The number of benzene rings is 4. The Balaban J connectivity index is 1.21. The van der Waals surface area contributed by atoms with Crippen LogP contribution in [0.4, 0.5) is 22.7 Å². The van der Waals surface area contributed by atoms with E-state index in [1.54, 1.807) is 22.7 Å². The van der Waals surface area contributed by atoms with Gasteiger partial charge in [0.2, 0.25) is 0 Å². The molecule has 0 bridgehead atoms. The quantitative estimate of drug-likeness (QED) is 0.151. The van der Waals surface area contributed by atoms with Crippen LogP contribution in [-0.2, 0) is 0 Å². The third-order valence-corrected chi connectivity index (χ3v) is 10.1. The molecule has 5 heteroatoms. The van der Waals surface area contributed by atoms with Gasteiger partial charge < -0.3 is 0 Å². The van der Waals surface area contributed by atoms with Crippen molar-refractivity contribution < 1.29 is 0 Å². The molecule has 0 aliphatic heterocycles. The molecule has 0 saturated heterocycles. The first-order valence-corrected chi connectivity index (χ1v) is 15.6. The van der Waals surface area contributed by atoms with Crippen LogP contribution >= 0.6 is 34.0 Å². The number of thiophene rings is 3. The van der Waals surface area contributed by atoms with Crippen LogP contribution in [0.25, 0.3) is 18.8 Å². The van der Waals surface area contributed by atoms with Crippen molar-refractivity contribution in [1.82, 2.24) is 0 Å². The van der Waals surface area contributed by atoms with E-state index in [4.69, 9.17) is 0 Å². The fourth-order valence-electron chi connectivity index (χ4n) is 4.55. The van der Waals surface area contributed by atoms with E-state index >= 15 is 0 Å². The lowest BCUT2D eigenvalue weighted by molar-refractivity contribution is 1.33. The highest BCUT2D eigenvalue weighted by atomic mass is 32.1. The van der Waals surface area contributed by atoms with Crippen molar-refractivity contribution in [1.29, 1.82) is 0 Å². The lowest BCUT2D eigenvalue weighted by atomic mass is 10.2. The molecule has 0 N–H and O–H groups in total. The molecule has 0 unspecified atom stereocenters. The zero-order valence-electron chi connectivity index (χ0n) is 21.8. The maximum absolute atomic E-state index is 3.44. The third kappa shape index (κ3) is 5.35. The zero-order chi connectivity index (χ0) is 27.4. The molecule has 0 radical (unpaired) electrons. The SMILES string of the molecule is C(#CN(c1ccccc1)c1ccccc1)c1cc2sc3cc(C#CN(c4ccccc4)c4ccccc4)sc3c2s1. The van der Waals surface area contributed by atoms with E-state index < -0.39 is 0 Å². The minimum Gasteiger partial charge on any atom is -0.270 e. The van der Waals surface area contributed by atoms with Gasteiger partial charge in [0.1, 0.15) is 0 Å². The van der Waals surface area contributed by atoms with Gasteiger partial charge in [-0.1, -0.05) is 72.8 Å². The molecular formula is C36H22N2S3. The van der Waals surface area contributed by atoms with Crippen LogP contribution in [0.15, 0.2) is 133 Å². The summed E-state index contributed by atoms with van der Waals surface area (Å²) in [6.45, 7) is 0. The zero-order valence-corrected chi connectivity index (χ0v) is 24.3. The van der Waals surface area contributed by atoms with Crippen molar-refractivity contribution in [2.24, 2.45) is 0 Å². The van der Waals surface area contributed by atoms with Gasteiger partial charge in [0.05, 0.1) is 41.9 Å². The van der Waals surface area contributed by atoms with E-state index in [1.165, 1.54) is 18.8 Å². The Kier molecular flexibility index (Phi) is 6.99. The Bertz CT molecular complexity index is 1820. The lowest BCUT2D eigenvalue weighted by Crippen LogP contribution is -2.08. The van der Waals surface area contributed by atoms with E-state index in [2.05, 4.69) is 84.6 Å². The first-order chi connectivity index (χ1) is 20.3. The summed E-state index contributed by atoms with van der Waals surface area (Å²) in [5, 5.41) is 0. The molecule has 7 rings (SSSR count). The highest BCUT2D eigenvalue weighted by Crippen LogP contribution is 2.43. The van der Waals surface area contributed by atoms with Crippen molar-refractivity contribution >= 4 is 75.6 Å². The van der Waals surface area contributed by atoms with Gasteiger partial charge in [-0.05, 0) is 72.5 Å². The Morgan fingerprint density at radius 2 is 0.707 bits per heavy atom. The molecule has 0 saturated carbocycles. The van der Waals surface area contributed by atoms with Gasteiger partial charge >= 0.3 is 0 Å². The Morgan fingerprint density at radius 1 is 0.390 bits per heavy atom. The molecular weight excluding hydrogens is 557 g/mol. The second kappa shape index (κ2) is 11.4. The molecule has 0 aliphatic rings. The van der Waals surface area contributed by atoms with Gasteiger partial charge in [0.25, 0.3) is 0 Å². The van der Waals surface area contributed by atoms with Crippen molar-refractivity contribution in [3.63, 3.8) is 0 Å². The molecule has 3 heterocycles. The summed E-state index contributed by atoms with van der Waals surface area (Å²) in [6, 6.07) is 52.4. The van der Waals surface area contributed by atoms with E-state index in [1.807, 2.05) is 93.9 Å². The minimum atomic E-state index is 1.05. The molecule has 4 aromatic carbocycles. The first-order valence-electron chi connectivity index (χ1n) is 13.1. The largest absolute Gasteiger partial charge is 0.270 e. The van der Waals surface area contributed by atoms with Gasteiger partial charge in [-0.25, -0.2) is 0 Å². The summed E-state index contributed by atoms with van der Waals surface area (Å²) < 4.78 is 5.14. The van der Waals surface area contributed by atoms with Gasteiger partial charge in [-0.3, -0.25) is 9.80 Å². The summed E-state index contributed by atoms with van der Waals surface area (Å²) in [5.74, 6) is 6.87. The maximum Gasteiger partial charge on any atom is 0.0808 e. The number of hydrogen-bond acceptors (Lipinski definition) is 5. The van der Waals surface area contributed by atoms with Gasteiger partial charge in [0.15, 0.2) is 0 Å². The summed E-state index contributed by atoms with van der Waals surface area (Å²) in [6.07, 6.45) is 0. The monoisotopic (exact) mass is 578 g/mol. The molecule has 2 nitrogen and oxygen atoms in total. The van der Waals surface area contributed by atoms with Crippen LogP contribution in [0.1, 0.15) is 9.75 Å². The van der Waals surface area contributed by atoms with Crippen LogP contribution in [0.3, 0.4) is 0 Å². The predicted octanol–water partition coefficient (Wildman–Crippen LogP) is 10.5. The van der Waals surface area contributed by atoms with Crippen LogP contribution in [-0.4, -0.2) is 0 Å². The van der Waals surface area contributed by atoms with Gasteiger partial charge in [-0.2, -0.15) is 0 Å². The summed E-state index contributed by atoms with van der Waals surface area (Å²) in [7, 11) is 0. The highest BCUT2D eigenvalue weighted by Gasteiger charge is 2.13. The Hall–Kier alpha value is -4.78. The molecule has 3 aromatic heterocycles. The first kappa shape index (κ1) is 25.2. The summed E-state index contributed by atoms with van der Waals surface area (Å²) in [4.78, 5) is 6.22. The van der Waals surface area contributed by atoms with Crippen molar-refractivity contribution in [2.45, 2.75) is 0 Å². The number of anilines is 4. The molecule has 0 amide bonds. The number of nitrogens with zero attached hydrogens (tertiary/aromatic N) is 2. The normalized spacial score (nSPS) is 10.5. The lowest BCUT2D eigenvalue weighted by Gasteiger charge is -2.17. The van der Waals surface area contributed by atoms with E-state index in [9.17, 15) is 0 Å². The molecule has 0 atom stereocenters. The van der Waals surface area contributed by atoms with E-state index in [-0.39, 0.29) is 0 Å². The fraction of sp³-hybridized carbons (Fsp3) is 0. The number of hydrogen-bond donors (Lipinski definition) is 0. The van der Waals surface area contributed by atoms with Crippen LogP contribution in [0.2, 0.25) is 0 Å². The Labute approximate surface area is 251 Å². The number of para-hydroxylation sites is 4. The van der Waals surface area contributed by atoms with Crippen molar-refractivity contribution in [2.75, 3.05) is 9.80 Å². The third-order valence-electron chi connectivity index (χ3n) is 6.46. The standard InChI is InChI=1S/C36H22N2S3/c1-5-13-27(14-6-1)37(28-15-7-2-8-16-28)23-21-31-25-33-35(39-31)36-34(41-33)26-32(40-36)22-24-38(29-17-9-3-10-18-29)30-19-11-4-12-20-30/h1-20,25-26H. The molecule has 0 aliphatic carbocycles. The molecule has 7 aromatic rings. The van der Waals surface area contributed by atoms with Crippen molar-refractivity contribution in [3.8, 4) is 23.9 Å². The average molecular weight is 579 g/mol. The van der Waals surface area contributed by atoms with Gasteiger partial charge in [-0.15, -0.1) is 34.0 Å². The fourth-order valence-corrected chi connectivity index (χ4v) is 8.26. The van der Waals surface area contributed by atoms with Gasteiger partial charge in [0, 0.05) is 21.5 Å². The maximum atomic E-state index is 3.44. The topological polar surface area (TPSA) is 6.48 Å². The molecule has 0 fully saturated rings. The second-order valence-electron chi connectivity index (χ2n) is 9.20. The van der Waals surface area contributed by atoms with E-state index in [0.29, 0.717) is 0 Å². The average Bonchev–Trinajstić information content (AvgIpc) is 3.70. The smallest absolute Gasteiger partial charge is 0.0808 e.